The van der Waals surface area contributed by atoms with Crippen molar-refractivity contribution in [1.29, 1.82) is 0 Å². The Kier molecular flexibility index (Phi) is 5.92. The molecule has 3 heterocycles. The number of phenolic OH excluding ortho intramolecular Hbond substituents is 1. The fourth-order valence-electron chi connectivity index (χ4n) is 4.57. The molecule has 5 rings (SSSR count). The van der Waals surface area contributed by atoms with Crippen molar-refractivity contribution in [3.8, 4) is 5.75 Å². The van der Waals surface area contributed by atoms with Crippen molar-refractivity contribution in [3.05, 3.63) is 65.9 Å². The predicted molar refractivity (Wildman–Crippen MR) is 124 cm³/mol. The quantitative estimate of drug-likeness (QED) is 0.684. The van der Waals surface area contributed by atoms with Crippen LogP contribution in [-0.2, 0) is 11.3 Å². The highest BCUT2D eigenvalue weighted by Crippen LogP contribution is 2.33. The number of amides is 1. The number of benzene rings is 2. The number of nitrogens with zero attached hydrogens (tertiary/aromatic N) is 4. The maximum atomic E-state index is 13.2. The minimum atomic E-state index is -0.127. The number of carbonyl (C=O) groups is 1. The molecule has 2 aliphatic heterocycles. The van der Waals surface area contributed by atoms with Gasteiger partial charge in [-0.3, -0.25) is 9.69 Å². The number of ether oxygens (including phenoxy) is 1. The molecule has 32 heavy (non-hydrogen) atoms. The summed E-state index contributed by atoms with van der Waals surface area (Å²) in [4.78, 5) is 24.0. The Morgan fingerprint density at radius 1 is 0.969 bits per heavy atom. The number of fused-ring (bicyclic) bond motifs is 1. The molecule has 1 aromatic heterocycles. The van der Waals surface area contributed by atoms with Crippen molar-refractivity contribution in [1.82, 2.24) is 14.8 Å². The number of carbonyl (C=O) groups excluding carboxylic acids is 1. The van der Waals surface area contributed by atoms with E-state index in [1.165, 1.54) is 0 Å². The zero-order chi connectivity index (χ0) is 21.9. The van der Waals surface area contributed by atoms with Crippen LogP contribution in [0.5, 0.6) is 5.75 Å². The number of rotatable bonds is 4. The van der Waals surface area contributed by atoms with E-state index >= 15 is 0 Å². The number of phenols is 1. The van der Waals surface area contributed by atoms with Gasteiger partial charge in [0.05, 0.1) is 18.8 Å². The molecule has 7 heteroatoms. The van der Waals surface area contributed by atoms with Crippen LogP contribution in [0.25, 0.3) is 10.8 Å². The summed E-state index contributed by atoms with van der Waals surface area (Å²) in [6, 6.07) is 15.8. The van der Waals surface area contributed by atoms with Crippen molar-refractivity contribution in [2.24, 2.45) is 0 Å². The first-order valence-electron chi connectivity index (χ1n) is 11.2. The van der Waals surface area contributed by atoms with E-state index in [0.29, 0.717) is 38.4 Å². The molecule has 1 N–H and O–H groups in total. The lowest BCUT2D eigenvalue weighted by atomic mass is 9.97. The number of morpholine rings is 1. The summed E-state index contributed by atoms with van der Waals surface area (Å²) in [5.41, 5.74) is 1.21. The van der Waals surface area contributed by atoms with Crippen LogP contribution in [0.4, 0.5) is 5.82 Å². The van der Waals surface area contributed by atoms with Gasteiger partial charge < -0.3 is 19.6 Å². The van der Waals surface area contributed by atoms with E-state index in [2.05, 4.69) is 14.8 Å². The maximum absolute atomic E-state index is 13.2. The van der Waals surface area contributed by atoms with E-state index in [1.54, 1.807) is 4.90 Å². The molecular weight excluding hydrogens is 404 g/mol. The van der Waals surface area contributed by atoms with Crippen LogP contribution in [0, 0.1) is 0 Å². The molecule has 0 aliphatic carbocycles. The second kappa shape index (κ2) is 9.14. The Morgan fingerprint density at radius 2 is 1.72 bits per heavy atom. The molecular formula is C25H28N4O3. The van der Waals surface area contributed by atoms with E-state index in [-0.39, 0.29) is 11.7 Å². The first-order valence-corrected chi connectivity index (χ1v) is 11.2. The maximum Gasteiger partial charge on any atom is 0.257 e. The Morgan fingerprint density at radius 3 is 2.47 bits per heavy atom. The highest BCUT2D eigenvalue weighted by Gasteiger charge is 2.26. The molecule has 2 aliphatic rings. The lowest BCUT2D eigenvalue weighted by Crippen LogP contribution is -2.46. The Bertz CT molecular complexity index is 1090. The van der Waals surface area contributed by atoms with Crippen LogP contribution in [0.15, 0.2) is 54.7 Å². The van der Waals surface area contributed by atoms with Crippen molar-refractivity contribution in [2.45, 2.75) is 6.54 Å². The van der Waals surface area contributed by atoms with E-state index < -0.39 is 0 Å². The second-order valence-corrected chi connectivity index (χ2v) is 8.33. The molecule has 2 saturated heterocycles. The summed E-state index contributed by atoms with van der Waals surface area (Å²) in [5, 5.41) is 13.2. The van der Waals surface area contributed by atoms with Gasteiger partial charge in [-0.15, -0.1) is 0 Å². The minimum Gasteiger partial charge on any atom is -0.507 e. The third kappa shape index (κ3) is 4.13. The van der Waals surface area contributed by atoms with Crippen LogP contribution in [0.3, 0.4) is 0 Å². The molecule has 0 saturated carbocycles. The van der Waals surface area contributed by atoms with Crippen LogP contribution in [0.2, 0.25) is 0 Å². The molecule has 2 fully saturated rings. The van der Waals surface area contributed by atoms with Gasteiger partial charge in [0.2, 0.25) is 0 Å². The zero-order valence-corrected chi connectivity index (χ0v) is 18.1. The fourth-order valence-corrected chi connectivity index (χ4v) is 4.57. The third-order valence-corrected chi connectivity index (χ3v) is 6.38. The van der Waals surface area contributed by atoms with Crippen molar-refractivity contribution in [3.63, 3.8) is 0 Å². The molecule has 7 nitrogen and oxygen atoms in total. The van der Waals surface area contributed by atoms with Crippen molar-refractivity contribution >= 4 is 22.5 Å². The van der Waals surface area contributed by atoms with E-state index in [0.717, 1.165) is 48.3 Å². The normalized spacial score (nSPS) is 17.6. The number of pyridine rings is 1. The lowest BCUT2D eigenvalue weighted by Gasteiger charge is -2.35. The summed E-state index contributed by atoms with van der Waals surface area (Å²) >= 11 is 0. The summed E-state index contributed by atoms with van der Waals surface area (Å²) in [6.07, 6.45) is 1.82. The van der Waals surface area contributed by atoms with E-state index in [1.807, 2.05) is 54.7 Å². The largest absolute Gasteiger partial charge is 0.507 e. The van der Waals surface area contributed by atoms with Crippen molar-refractivity contribution in [2.75, 3.05) is 57.4 Å². The predicted octanol–water partition coefficient (Wildman–Crippen LogP) is 2.74. The average molecular weight is 433 g/mol. The molecule has 1 amide bonds. The highest BCUT2D eigenvalue weighted by atomic mass is 16.5. The molecule has 166 valence electrons. The highest BCUT2D eigenvalue weighted by molar-refractivity contribution is 6.03. The first kappa shape index (κ1) is 20.7. The average Bonchev–Trinajstić information content (AvgIpc) is 2.86. The lowest BCUT2D eigenvalue weighted by molar-refractivity contribution is 0.0301. The fraction of sp³-hybridized carbons (Fsp3) is 0.360. The zero-order valence-electron chi connectivity index (χ0n) is 18.1. The van der Waals surface area contributed by atoms with E-state index in [9.17, 15) is 9.90 Å². The number of anilines is 1. The van der Waals surface area contributed by atoms with Gasteiger partial charge in [-0.05, 0) is 29.0 Å². The standard InChI is InChI=1S/C25H28N4O3/c30-24-21(25(31)29-13-15-32-16-14-29)17-19-5-1-2-6-20(19)22(24)18-27-9-11-28(12-10-27)23-7-3-4-8-26-23/h1-8,17,30H,9-16,18H2. The number of hydrogen-bond donors (Lipinski definition) is 1. The Balaban J connectivity index is 1.39. The smallest absolute Gasteiger partial charge is 0.257 e. The van der Waals surface area contributed by atoms with Gasteiger partial charge >= 0.3 is 0 Å². The van der Waals surface area contributed by atoms with Gasteiger partial charge in [-0.25, -0.2) is 4.98 Å². The van der Waals surface area contributed by atoms with Crippen LogP contribution in [0.1, 0.15) is 15.9 Å². The Hall–Kier alpha value is -3.16. The number of hydrogen-bond acceptors (Lipinski definition) is 6. The third-order valence-electron chi connectivity index (χ3n) is 6.38. The number of aromatic hydroxyl groups is 1. The molecule has 0 bridgehead atoms. The molecule has 0 unspecified atom stereocenters. The van der Waals surface area contributed by atoms with Gasteiger partial charge in [0.15, 0.2) is 0 Å². The first-order chi connectivity index (χ1) is 15.7. The van der Waals surface area contributed by atoms with Crippen molar-refractivity contribution < 1.29 is 14.6 Å². The molecule has 0 spiro atoms. The summed E-state index contributed by atoms with van der Waals surface area (Å²) in [7, 11) is 0. The van der Waals surface area contributed by atoms with Gasteiger partial charge in [0.1, 0.15) is 11.6 Å². The van der Waals surface area contributed by atoms with Crippen LogP contribution < -0.4 is 4.90 Å². The summed E-state index contributed by atoms with van der Waals surface area (Å²) in [5.74, 6) is 0.976. The topological polar surface area (TPSA) is 69.1 Å². The molecule has 2 aromatic carbocycles. The molecule has 0 radical (unpaired) electrons. The van der Waals surface area contributed by atoms with Gasteiger partial charge in [0.25, 0.3) is 5.91 Å². The molecule has 3 aromatic rings. The number of aromatic nitrogens is 1. The van der Waals surface area contributed by atoms with Gasteiger partial charge in [0, 0.05) is 57.6 Å². The van der Waals surface area contributed by atoms with Gasteiger partial charge in [-0.1, -0.05) is 30.3 Å². The summed E-state index contributed by atoms with van der Waals surface area (Å²) in [6.45, 7) is 6.27. The monoisotopic (exact) mass is 432 g/mol. The Labute approximate surface area is 187 Å². The molecule has 0 atom stereocenters. The van der Waals surface area contributed by atoms with Crippen LogP contribution >= 0.6 is 0 Å². The van der Waals surface area contributed by atoms with Gasteiger partial charge in [-0.2, -0.15) is 0 Å². The van der Waals surface area contributed by atoms with Crippen LogP contribution in [-0.4, -0.2) is 78.3 Å². The number of piperazine rings is 1. The SMILES string of the molecule is O=C(c1cc2ccccc2c(CN2CCN(c3ccccn3)CC2)c1O)N1CCOCC1. The second-order valence-electron chi connectivity index (χ2n) is 8.33. The minimum absolute atomic E-state index is 0.104. The summed E-state index contributed by atoms with van der Waals surface area (Å²) < 4.78 is 5.38. The van der Waals surface area contributed by atoms with E-state index in [4.69, 9.17) is 4.74 Å².